The molecular weight excluding hydrogens is 298 g/mol. The van der Waals surface area contributed by atoms with Crippen molar-refractivity contribution >= 4 is 35.3 Å². The quantitative estimate of drug-likeness (QED) is 0.679. The molecule has 0 saturated carbocycles. The van der Waals surface area contributed by atoms with E-state index in [4.69, 9.17) is 20.9 Å². The van der Waals surface area contributed by atoms with Gasteiger partial charge in [0.15, 0.2) is 0 Å². The van der Waals surface area contributed by atoms with E-state index >= 15 is 0 Å². The molecular formula is C16H22BClN2O2. The molecule has 3 rings (SSSR count). The lowest BCUT2D eigenvalue weighted by atomic mass is 9.79. The molecule has 0 radical (unpaired) electrons. The van der Waals surface area contributed by atoms with Crippen LogP contribution in [-0.4, -0.2) is 28.3 Å². The predicted molar refractivity (Wildman–Crippen MR) is 90.9 cm³/mol. The smallest absolute Gasteiger partial charge is 0.398 e. The van der Waals surface area contributed by atoms with Crippen LogP contribution < -0.4 is 5.59 Å². The van der Waals surface area contributed by atoms with Crippen LogP contribution in [0.5, 0.6) is 0 Å². The minimum absolute atomic E-state index is 0.286. The number of fused-ring (bicyclic) bond motifs is 1. The Labute approximate surface area is 136 Å². The fourth-order valence-corrected chi connectivity index (χ4v) is 2.96. The molecule has 1 aliphatic rings. The SMILES string of the molecule is CC(C)c1c(B2OC(C)(C)C(C)(C)O2)[nH]c2ccc(Cl)nc12. The van der Waals surface area contributed by atoms with Crippen molar-refractivity contribution in [3.63, 3.8) is 0 Å². The second kappa shape index (κ2) is 4.98. The van der Waals surface area contributed by atoms with Crippen LogP contribution in [-0.2, 0) is 9.31 Å². The average molecular weight is 321 g/mol. The predicted octanol–water partition coefficient (Wildman–Crippen LogP) is 3.64. The van der Waals surface area contributed by atoms with Crippen LogP contribution in [0.25, 0.3) is 11.0 Å². The normalized spacial score (nSPS) is 20.3. The van der Waals surface area contributed by atoms with Crippen molar-refractivity contribution in [2.75, 3.05) is 0 Å². The third-order valence-corrected chi connectivity index (χ3v) is 4.95. The molecule has 0 atom stereocenters. The van der Waals surface area contributed by atoms with Crippen LogP contribution in [0.15, 0.2) is 12.1 Å². The molecule has 0 aliphatic carbocycles. The molecule has 1 aliphatic heterocycles. The fourth-order valence-electron chi connectivity index (χ4n) is 2.81. The molecule has 0 aromatic carbocycles. The van der Waals surface area contributed by atoms with Gasteiger partial charge in [0.05, 0.1) is 27.8 Å². The van der Waals surface area contributed by atoms with Gasteiger partial charge in [0.25, 0.3) is 0 Å². The van der Waals surface area contributed by atoms with Crippen LogP contribution in [0.4, 0.5) is 0 Å². The molecule has 0 spiro atoms. The standard InChI is InChI=1S/C16H22BClN2O2/c1-9(2)12-13-10(7-8-11(18)20-13)19-14(12)17-21-15(3,4)16(5,6)22-17/h7-9,19H,1-6H3. The molecule has 2 aromatic rings. The van der Waals surface area contributed by atoms with Gasteiger partial charge in [-0.2, -0.15) is 0 Å². The topological polar surface area (TPSA) is 47.1 Å². The Kier molecular flexibility index (Phi) is 3.59. The molecule has 1 N–H and O–H groups in total. The van der Waals surface area contributed by atoms with E-state index in [0.29, 0.717) is 5.15 Å². The minimum atomic E-state index is -0.421. The first-order valence-corrected chi connectivity index (χ1v) is 8.04. The molecule has 0 bridgehead atoms. The van der Waals surface area contributed by atoms with Gasteiger partial charge in [0.1, 0.15) is 5.15 Å². The van der Waals surface area contributed by atoms with Crippen LogP contribution in [0.3, 0.4) is 0 Å². The summed E-state index contributed by atoms with van der Waals surface area (Å²) in [6.45, 7) is 12.5. The Hall–Kier alpha value is -1.04. The fraction of sp³-hybridized carbons (Fsp3) is 0.562. The lowest BCUT2D eigenvalue weighted by molar-refractivity contribution is 0.00578. The number of pyridine rings is 1. The molecule has 1 fully saturated rings. The second-order valence-electron chi connectivity index (χ2n) is 7.23. The van der Waals surface area contributed by atoms with Gasteiger partial charge in [-0.05, 0) is 51.3 Å². The number of H-pyrrole nitrogens is 1. The van der Waals surface area contributed by atoms with E-state index in [1.165, 1.54) is 0 Å². The maximum absolute atomic E-state index is 6.19. The van der Waals surface area contributed by atoms with E-state index in [2.05, 4.69) is 51.5 Å². The Morgan fingerprint density at radius 1 is 1.14 bits per heavy atom. The van der Waals surface area contributed by atoms with E-state index in [0.717, 1.165) is 22.2 Å². The first-order valence-electron chi connectivity index (χ1n) is 7.66. The summed E-state index contributed by atoms with van der Waals surface area (Å²) < 4.78 is 12.4. The van der Waals surface area contributed by atoms with Gasteiger partial charge >= 0.3 is 7.12 Å². The molecule has 1 saturated heterocycles. The summed E-state index contributed by atoms with van der Waals surface area (Å²) in [5.41, 5.74) is 3.17. The zero-order valence-corrected chi connectivity index (χ0v) is 14.7. The summed E-state index contributed by atoms with van der Waals surface area (Å²) >= 11 is 6.07. The van der Waals surface area contributed by atoms with Crippen molar-refractivity contribution in [2.45, 2.75) is 58.7 Å². The summed E-state index contributed by atoms with van der Waals surface area (Å²) in [5, 5.41) is 0.494. The van der Waals surface area contributed by atoms with Crippen molar-refractivity contribution in [3.8, 4) is 0 Å². The van der Waals surface area contributed by atoms with Gasteiger partial charge in [-0.3, -0.25) is 0 Å². The molecule has 22 heavy (non-hydrogen) atoms. The largest absolute Gasteiger partial charge is 0.512 e. The molecule has 118 valence electrons. The number of hydrogen-bond acceptors (Lipinski definition) is 3. The lowest BCUT2D eigenvalue weighted by Gasteiger charge is -2.32. The zero-order chi connectivity index (χ0) is 16.3. The first-order chi connectivity index (χ1) is 10.1. The summed E-state index contributed by atoms with van der Waals surface area (Å²) in [6, 6.07) is 3.74. The summed E-state index contributed by atoms with van der Waals surface area (Å²) in [5.74, 6) is 0.286. The number of aromatic nitrogens is 2. The first kappa shape index (κ1) is 15.8. The lowest BCUT2D eigenvalue weighted by Crippen LogP contribution is -2.41. The van der Waals surface area contributed by atoms with Gasteiger partial charge in [-0.25, -0.2) is 4.98 Å². The van der Waals surface area contributed by atoms with Crippen molar-refractivity contribution in [1.82, 2.24) is 9.97 Å². The maximum atomic E-state index is 6.19. The number of halogens is 1. The molecule has 3 heterocycles. The van der Waals surface area contributed by atoms with Gasteiger partial charge in [0, 0.05) is 0 Å². The highest BCUT2D eigenvalue weighted by Gasteiger charge is 2.53. The summed E-state index contributed by atoms with van der Waals surface area (Å²) in [7, 11) is -0.421. The van der Waals surface area contributed by atoms with E-state index in [1.807, 2.05) is 6.07 Å². The average Bonchev–Trinajstić information content (AvgIpc) is 2.84. The third kappa shape index (κ3) is 2.36. The number of nitrogens with one attached hydrogen (secondary N) is 1. The van der Waals surface area contributed by atoms with E-state index in [-0.39, 0.29) is 17.1 Å². The highest BCUT2D eigenvalue weighted by molar-refractivity contribution is 6.62. The van der Waals surface area contributed by atoms with E-state index in [1.54, 1.807) is 6.07 Å². The Bertz CT molecular complexity index is 708. The molecule has 2 aromatic heterocycles. The van der Waals surface area contributed by atoms with Gasteiger partial charge in [-0.1, -0.05) is 25.4 Å². The molecule has 0 unspecified atom stereocenters. The second-order valence-corrected chi connectivity index (χ2v) is 7.61. The highest BCUT2D eigenvalue weighted by atomic mass is 35.5. The number of hydrogen-bond donors (Lipinski definition) is 1. The third-order valence-electron chi connectivity index (χ3n) is 4.74. The maximum Gasteiger partial charge on any atom is 0.512 e. The van der Waals surface area contributed by atoms with Crippen molar-refractivity contribution < 1.29 is 9.31 Å². The highest BCUT2D eigenvalue weighted by Crippen LogP contribution is 2.37. The minimum Gasteiger partial charge on any atom is -0.398 e. The van der Waals surface area contributed by atoms with Crippen LogP contribution in [0.1, 0.15) is 53.0 Å². The molecule has 6 heteroatoms. The van der Waals surface area contributed by atoms with Crippen LogP contribution in [0, 0.1) is 0 Å². The van der Waals surface area contributed by atoms with Gasteiger partial charge < -0.3 is 14.3 Å². The van der Waals surface area contributed by atoms with Crippen molar-refractivity contribution in [3.05, 3.63) is 22.8 Å². The molecule has 0 amide bonds. The monoisotopic (exact) mass is 320 g/mol. The Morgan fingerprint density at radius 3 is 2.27 bits per heavy atom. The summed E-state index contributed by atoms with van der Waals surface area (Å²) in [4.78, 5) is 7.90. The Balaban J connectivity index is 2.14. The van der Waals surface area contributed by atoms with E-state index in [9.17, 15) is 0 Å². The number of rotatable bonds is 2. The zero-order valence-electron chi connectivity index (χ0n) is 14.0. The number of aromatic amines is 1. The van der Waals surface area contributed by atoms with Crippen LogP contribution in [0.2, 0.25) is 5.15 Å². The summed E-state index contributed by atoms with van der Waals surface area (Å²) in [6.07, 6.45) is 0. The van der Waals surface area contributed by atoms with Crippen LogP contribution >= 0.6 is 11.6 Å². The van der Waals surface area contributed by atoms with Gasteiger partial charge in [0.2, 0.25) is 0 Å². The van der Waals surface area contributed by atoms with Crippen molar-refractivity contribution in [2.24, 2.45) is 0 Å². The molecule has 4 nitrogen and oxygen atoms in total. The number of nitrogens with zero attached hydrogens (tertiary/aromatic N) is 1. The Morgan fingerprint density at radius 2 is 1.73 bits per heavy atom. The van der Waals surface area contributed by atoms with E-state index < -0.39 is 7.12 Å². The van der Waals surface area contributed by atoms with Gasteiger partial charge in [-0.15, -0.1) is 0 Å². The van der Waals surface area contributed by atoms with Crippen molar-refractivity contribution in [1.29, 1.82) is 0 Å².